The molecule has 1 fully saturated rings. The van der Waals surface area contributed by atoms with Gasteiger partial charge in [-0.15, -0.1) is 0 Å². The molecule has 5 rings (SSSR count). The van der Waals surface area contributed by atoms with Crippen molar-refractivity contribution in [2.45, 2.75) is 51.0 Å². The zero-order valence-corrected chi connectivity index (χ0v) is 25.4. The Bertz CT molecular complexity index is 1920. The second-order valence-electron chi connectivity index (χ2n) is 11.3. The fourth-order valence-electron chi connectivity index (χ4n) is 5.45. The van der Waals surface area contributed by atoms with Gasteiger partial charge in [0.2, 0.25) is 6.29 Å². The Balaban J connectivity index is 1.45. The molecule has 15 heteroatoms. The molecule has 1 aliphatic rings. The number of benzene rings is 3. The predicted molar refractivity (Wildman–Crippen MR) is 163 cm³/mol. The van der Waals surface area contributed by atoms with E-state index in [1.54, 1.807) is 13.8 Å². The fraction of sp³-hybridized carbons (Fsp3) is 0.281. The minimum atomic E-state index is -1.56. The van der Waals surface area contributed by atoms with Crippen LogP contribution >= 0.6 is 0 Å². The number of aliphatic hydroxyl groups excluding tert-OH is 1. The third kappa shape index (κ3) is 6.23. The van der Waals surface area contributed by atoms with Crippen molar-refractivity contribution in [2.24, 2.45) is 5.73 Å². The van der Waals surface area contributed by atoms with Crippen LogP contribution in [0.5, 0.6) is 23.0 Å². The van der Waals surface area contributed by atoms with Gasteiger partial charge in [-0.2, -0.15) is 0 Å². The highest BCUT2D eigenvalue weighted by molar-refractivity contribution is 6.09. The standard InChI is InChI=1S/C32H31FN2O12/c1-13-20(44-30-24(39)26(46-31(34)42)27(43-4)32(2,3)47-30)10-9-17-23(38)21(29(41)45-25(13)17)35-28(40)18-11-15(12-19(36)22(18)37)14-5-7-16(33)8-6-14/h5-12,24,26-27,30,36-39H,1-4H3,(H2,34,42)(H,35,40)/t24-,26+,27-,30-/m1/s1. The molecule has 4 atom stereocenters. The van der Waals surface area contributed by atoms with E-state index in [4.69, 9.17) is 29.1 Å². The first-order chi connectivity index (χ1) is 22.1. The van der Waals surface area contributed by atoms with Crippen LogP contribution < -0.4 is 21.4 Å². The number of carbonyl (C=O) groups excluding carboxylic acids is 2. The number of phenols is 2. The Morgan fingerprint density at radius 3 is 2.34 bits per heavy atom. The molecule has 0 bridgehead atoms. The van der Waals surface area contributed by atoms with E-state index < -0.39 is 82.1 Å². The summed E-state index contributed by atoms with van der Waals surface area (Å²) in [7, 11) is 1.34. The Morgan fingerprint density at radius 1 is 1.02 bits per heavy atom. The average molecular weight is 655 g/mol. The maximum atomic E-state index is 13.4. The van der Waals surface area contributed by atoms with Crippen LogP contribution in [0.4, 0.5) is 14.9 Å². The van der Waals surface area contributed by atoms with E-state index >= 15 is 0 Å². The summed E-state index contributed by atoms with van der Waals surface area (Å²) in [5, 5.41) is 44.8. The summed E-state index contributed by atoms with van der Waals surface area (Å²) < 4.78 is 41.1. The number of amides is 2. The van der Waals surface area contributed by atoms with Crippen LogP contribution in [0.15, 0.2) is 57.7 Å². The van der Waals surface area contributed by atoms with Crippen molar-refractivity contribution in [1.82, 2.24) is 0 Å². The molecule has 47 heavy (non-hydrogen) atoms. The number of nitrogens with two attached hydrogens (primary N) is 1. The number of aliphatic hydroxyl groups is 1. The highest BCUT2D eigenvalue weighted by Crippen LogP contribution is 2.40. The van der Waals surface area contributed by atoms with E-state index in [-0.39, 0.29) is 27.8 Å². The van der Waals surface area contributed by atoms with Crippen LogP contribution in [0, 0.1) is 12.7 Å². The minimum Gasteiger partial charge on any atom is -0.505 e. The maximum Gasteiger partial charge on any atom is 0.404 e. The summed E-state index contributed by atoms with van der Waals surface area (Å²) in [6.07, 6.45) is -6.31. The number of phenolic OH excluding ortho intramolecular Hbond substituents is 2. The lowest BCUT2D eigenvalue weighted by molar-refractivity contribution is -0.304. The lowest BCUT2D eigenvalue weighted by Crippen LogP contribution is -2.65. The van der Waals surface area contributed by atoms with Crippen LogP contribution in [0.2, 0.25) is 0 Å². The highest BCUT2D eigenvalue weighted by atomic mass is 19.1. The van der Waals surface area contributed by atoms with Gasteiger partial charge in [0, 0.05) is 12.7 Å². The number of hydrogen-bond acceptors (Lipinski definition) is 12. The van der Waals surface area contributed by atoms with Gasteiger partial charge in [0.25, 0.3) is 5.91 Å². The van der Waals surface area contributed by atoms with Crippen molar-refractivity contribution in [1.29, 1.82) is 0 Å². The normalized spacial score (nSPS) is 20.5. The Hall–Kier alpha value is -5.38. The second-order valence-corrected chi connectivity index (χ2v) is 11.3. The molecule has 14 nitrogen and oxygen atoms in total. The molecule has 1 aliphatic heterocycles. The molecule has 7 N–H and O–H groups in total. The summed E-state index contributed by atoms with van der Waals surface area (Å²) in [5.41, 5.74) is 2.50. The van der Waals surface area contributed by atoms with Crippen molar-refractivity contribution in [2.75, 3.05) is 12.4 Å². The van der Waals surface area contributed by atoms with Gasteiger partial charge in [0.15, 0.2) is 35.1 Å². The molecule has 0 radical (unpaired) electrons. The van der Waals surface area contributed by atoms with Crippen molar-refractivity contribution < 1.29 is 57.8 Å². The zero-order valence-electron chi connectivity index (χ0n) is 25.4. The molecule has 3 aromatic carbocycles. The van der Waals surface area contributed by atoms with Crippen molar-refractivity contribution >= 4 is 28.7 Å². The molecule has 2 amide bonds. The van der Waals surface area contributed by atoms with Crippen LogP contribution in [-0.4, -0.2) is 69.7 Å². The first-order valence-corrected chi connectivity index (χ1v) is 14.1. The van der Waals surface area contributed by atoms with Crippen molar-refractivity contribution in [3.05, 3.63) is 75.9 Å². The fourth-order valence-corrected chi connectivity index (χ4v) is 5.45. The molecule has 2 heterocycles. The predicted octanol–water partition coefficient (Wildman–Crippen LogP) is 3.63. The first-order valence-electron chi connectivity index (χ1n) is 14.1. The number of aromatic hydroxyl groups is 3. The number of methoxy groups -OCH3 is 1. The lowest BCUT2D eigenvalue weighted by Gasteiger charge is -2.47. The topological polar surface area (TPSA) is 220 Å². The largest absolute Gasteiger partial charge is 0.505 e. The molecule has 0 unspecified atom stereocenters. The van der Waals surface area contributed by atoms with Gasteiger partial charge in [0.05, 0.1) is 16.6 Å². The van der Waals surface area contributed by atoms with E-state index in [2.05, 4.69) is 5.32 Å². The number of ether oxygens (including phenoxy) is 4. The number of hydrogen-bond donors (Lipinski definition) is 6. The smallest absolute Gasteiger partial charge is 0.404 e. The van der Waals surface area contributed by atoms with E-state index in [0.29, 0.717) is 5.56 Å². The van der Waals surface area contributed by atoms with Crippen LogP contribution in [0.25, 0.3) is 22.1 Å². The van der Waals surface area contributed by atoms with Gasteiger partial charge < -0.3 is 54.8 Å². The third-order valence-electron chi connectivity index (χ3n) is 7.77. The number of anilines is 1. The van der Waals surface area contributed by atoms with Crippen molar-refractivity contribution in [3.8, 4) is 34.1 Å². The average Bonchev–Trinajstić information content (AvgIpc) is 3.00. The highest BCUT2D eigenvalue weighted by Gasteiger charge is 2.53. The Kier molecular flexibility index (Phi) is 8.73. The Morgan fingerprint density at radius 2 is 1.70 bits per heavy atom. The van der Waals surface area contributed by atoms with Gasteiger partial charge in [-0.05, 0) is 68.3 Å². The molecule has 0 aliphatic carbocycles. The molecule has 248 valence electrons. The molecule has 0 saturated carbocycles. The van der Waals surface area contributed by atoms with E-state index in [1.165, 1.54) is 62.6 Å². The summed E-state index contributed by atoms with van der Waals surface area (Å²) in [5.74, 6) is -3.65. The van der Waals surface area contributed by atoms with Gasteiger partial charge in [0.1, 0.15) is 23.3 Å². The van der Waals surface area contributed by atoms with Crippen LogP contribution in [0.1, 0.15) is 29.8 Å². The monoisotopic (exact) mass is 654 g/mol. The summed E-state index contributed by atoms with van der Waals surface area (Å²) in [6, 6.07) is 10.2. The first kappa shape index (κ1) is 33.0. The van der Waals surface area contributed by atoms with E-state index in [1.807, 2.05) is 0 Å². The molecule has 4 aromatic rings. The molecule has 1 aromatic heterocycles. The van der Waals surface area contributed by atoms with Crippen LogP contribution in [-0.2, 0) is 14.2 Å². The molecule has 1 saturated heterocycles. The number of carbonyl (C=O) groups is 2. The van der Waals surface area contributed by atoms with Gasteiger partial charge in [-0.3, -0.25) is 4.79 Å². The summed E-state index contributed by atoms with van der Waals surface area (Å²) in [6.45, 7) is 4.75. The van der Waals surface area contributed by atoms with Crippen molar-refractivity contribution in [3.63, 3.8) is 0 Å². The van der Waals surface area contributed by atoms with E-state index in [9.17, 15) is 39.2 Å². The van der Waals surface area contributed by atoms with E-state index in [0.717, 1.165) is 0 Å². The number of aryl methyl sites for hydroxylation is 1. The number of halogens is 1. The van der Waals surface area contributed by atoms with Crippen LogP contribution in [0.3, 0.4) is 0 Å². The Labute approximate surface area is 265 Å². The minimum absolute atomic E-state index is 0.0169. The number of nitrogens with one attached hydrogen (secondary N) is 1. The lowest BCUT2D eigenvalue weighted by atomic mass is 9.89. The van der Waals surface area contributed by atoms with Gasteiger partial charge in [-0.25, -0.2) is 14.0 Å². The molecular formula is C32H31FN2O12. The number of fused-ring (bicyclic) bond motifs is 1. The quantitative estimate of drug-likeness (QED) is 0.124. The molecule has 0 spiro atoms. The number of rotatable bonds is 7. The second kappa shape index (κ2) is 12.4. The molecular weight excluding hydrogens is 623 g/mol. The maximum absolute atomic E-state index is 13.4. The summed E-state index contributed by atoms with van der Waals surface area (Å²) in [4.78, 5) is 37.8. The SMILES string of the molecule is CO[C@@H]1[C@@H](OC(N)=O)[C@@H](O)[C@H](Oc2ccc3c(O)c(NC(=O)c4cc(-c5ccc(F)cc5)cc(O)c4O)c(=O)oc3c2C)OC1(C)C. The van der Waals surface area contributed by atoms with Gasteiger partial charge in [-0.1, -0.05) is 12.1 Å². The number of primary amides is 1. The third-order valence-corrected chi connectivity index (χ3v) is 7.77. The summed E-state index contributed by atoms with van der Waals surface area (Å²) >= 11 is 0. The zero-order chi connectivity index (χ0) is 34.4. The van der Waals surface area contributed by atoms with Gasteiger partial charge >= 0.3 is 11.7 Å².